The Labute approximate surface area is 80.9 Å². The highest BCUT2D eigenvalue weighted by molar-refractivity contribution is 5.80. The van der Waals surface area contributed by atoms with Crippen molar-refractivity contribution in [1.29, 1.82) is 0 Å². The van der Waals surface area contributed by atoms with Gasteiger partial charge in [0.1, 0.15) is 0 Å². The van der Waals surface area contributed by atoms with E-state index in [0.717, 1.165) is 0 Å². The van der Waals surface area contributed by atoms with Crippen LogP contribution in [-0.2, 0) is 4.79 Å². The number of carbonyl (C=O) groups is 1. The maximum Gasteiger partial charge on any atom is 0.266 e. The van der Waals surface area contributed by atoms with E-state index >= 15 is 0 Å². The van der Waals surface area contributed by atoms with Crippen LogP contribution < -0.4 is 15.8 Å². The van der Waals surface area contributed by atoms with E-state index in [4.69, 9.17) is 0 Å². The smallest absolute Gasteiger partial charge is 0.266 e. The highest BCUT2D eigenvalue weighted by atomic mass is 16.2. The van der Waals surface area contributed by atoms with Gasteiger partial charge in [-0.25, -0.2) is 5.10 Å². The molecule has 1 amide bonds. The van der Waals surface area contributed by atoms with E-state index in [9.17, 15) is 9.59 Å². The third-order valence-corrected chi connectivity index (χ3v) is 1.75. The van der Waals surface area contributed by atoms with Gasteiger partial charge in [0.2, 0.25) is 5.91 Å². The lowest BCUT2D eigenvalue weighted by atomic mass is 10.4. The number of hydrogen-bond acceptors (Lipinski definition) is 4. The molecule has 0 aliphatic heterocycles. The highest BCUT2D eigenvalue weighted by Gasteiger charge is 2.05. The molecule has 0 fully saturated rings. The van der Waals surface area contributed by atoms with Gasteiger partial charge in [-0.1, -0.05) is 0 Å². The summed E-state index contributed by atoms with van der Waals surface area (Å²) in [5, 5.41) is 8.38. The number of likely N-dealkylation sites (N-methyl/N-ethyl adjacent to an activating group) is 2. The molecular weight excluding hydrogens is 184 g/mol. The molecule has 0 radical (unpaired) electrons. The van der Waals surface area contributed by atoms with Crippen molar-refractivity contribution >= 4 is 11.6 Å². The van der Waals surface area contributed by atoms with Crippen molar-refractivity contribution in [3.8, 4) is 0 Å². The van der Waals surface area contributed by atoms with Crippen molar-refractivity contribution in [2.24, 2.45) is 0 Å². The van der Waals surface area contributed by atoms with Crippen molar-refractivity contribution in [2.75, 3.05) is 25.5 Å². The summed E-state index contributed by atoms with van der Waals surface area (Å²) < 4.78 is 0. The van der Waals surface area contributed by atoms with E-state index in [1.165, 1.54) is 12.3 Å². The minimum atomic E-state index is -0.286. The first kappa shape index (κ1) is 10.2. The molecule has 2 N–H and O–H groups in total. The fraction of sp³-hybridized carbons (Fsp3) is 0.375. The van der Waals surface area contributed by atoms with Crippen LogP contribution in [0.1, 0.15) is 0 Å². The van der Waals surface area contributed by atoms with Gasteiger partial charge in [0, 0.05) is 20.2 Å². The maximum absolute atomic E-state index is 11.0. The summed E-state index contributed by atoms with van der Waals surface area (Å²) in [5.74, 6) is -0.118. The Balaban J connectivity index is 2.74. The molecule has 0 aliphatic carbocycles. The van der Waals surface area contributed by atoms with Crippen molar-refractivity contribution in [1.82, 2.24) is 15.5 Å². The van der Waals surface area contributed by atoms with Gasteiger partial charge in [0.15, 0.2) is 0 Å². The van der Waals surface area contributed by atoms with Crippen molar-refractivity contribution in [2.45, 2.75) is 0 Å². The molecule has 0 unspecified atom stereocenters. The van der Waals surface area contributed by atoms with Gasteiger partial charge >= 0.3 is 0 Å². The molecule has 6 nitrogen and oxygen atoms in total. The lowest BCUT2D eigenvalue weighted by Crippen LogP contribution is -2.33. The molecule has 6 heteroatoms. The number of aromatic amines is 1. The Hall–Kier alpha value is -1.85. The SMILES string of the molecule is CNC(=O)CN(C)c1cn[nH]c(=O)c1. The molecule has 1 aromatic rings. The van der Waals surface area contributed by atoms with Crippen LogP contribution in [0.4, 0.5) is 5.69 Å². The first-order valence-corrected chi connectivity index (χ1v) is 4.10. The molecule has 76 valence electrons. The number of amides is 1. The number of H-pyrrole nitrogens is 1. The first-order chi connectivity index (χ1) is 6.63. The quantitative estimate of drug-likeness (QED) is 0.646. The van der Waals surface area contributed by atoms with E-state index in [1.807, 2.05) is 0 Å². The minimum absolute atomic E-state index is 0.118. The zero-order chi connectivity index (χ0) is 10.6. The number of rotatable bonds is 3. The van der Waals surface area contributed by atoms with Crippen molar-refractivity contribution in [3.63, 3.8) is 0 Å². The number of carbonyl (C=O) groups excluding carboxylic acids is 1. The molecule has 1 heterocycles. The van der Waals surface area contributed by atoms with Crippen LogP contribution in [0.3, 0.4) is 0 Å². The van der Waals surface area contributed by atoms with E-state index in [2.05, 4.69) is 15.5 Å². The molecular formula is C8H12N4O2. The Morgan fingerprint density at radius 1 is 1.71 bits per heavy atom. The zero-order valence-corrected chi connectivity index (χ0v) is 8.07. The van der Waals surface area contributed by atoms with Crippen LogP contribution in [-0.4, -0.2) is 36.7 Å². The van der Waals surface area contributed by atoms with Crippen LogP contribution in [0.25, 0.3) is 0 Å². The normalized spacial score (nSPS) is 9.57. The van der Waals surface area contributed by atoms with Gasteiger partial charge < -0.3 is 10.2 Å². The number of nitrogens with one attached hydrogen (secondary N) is 2. The summed E-state index contributed by atoms with van der Waals surface area (Å²) in [6.45, 7) is 0.196. The largest absolute Gasteiger partial charge is 0.364 e. The molecule has 0 spiro atoms. The van der Waals surface area contributed by atoms with E-state index in [-0.39, 0.29) is 18.0 Å². The Morgan fingerprint density at radius 2 is 2.43 bits per heavy atom. The summed E-state index contributed by atoms with van der Waals surface area (Å²) in [6.07, 6.45) is 1.49. The van der Waals surface area contributed by atoms with Crippen LogP contribution in [0.5, 0.6) is 0 Å². The van der Waals surface area contributed by atoms with Gasteiger partial charge in [-0.2, -0.15) is 5.10 Å². The van der Waals surface area contributed by atoms with E-state index < -0.39 is 0 Å². The lowest BCUT2D eigenvalue weighted by Gasteiger charge is -2.16. The van der Waals surface area contributed by atoms with Crippen LogP contribution in [0.2, 0.25) is 0 Å². The van der Waals surface area contributed by atoms with Gasteiger partial charge in [-0.3, -0.25) is 9.59 Å². The summed E-state index contributed by atoms with van der Waals surface area (Å²) >= 11 is 0. The molecule has 1 rings (SSSR count). The average molecular weight is 196 g/mol. The molecule has 0 saturated heterocycles. The average Bonchev–Trinajstić information content (AvgIpc) is 2.17. The second kappa shape index (κ2) is 4.40. The van der Waals surface area contributed by atoms with Crippen molar-refractivity contribution < 1.29 is 4.79 Å². The molecule has 1 aromatic heterocycles. The van der Waals surface area contributed by atoms with Crippen LogP contribution in [0, 0.1) is 0 Å². The predicted octanol–water partition coefficient (Wildman–Crippen LogP) is -1.05. The fourth-order valence-electron chi connectivity index (χ4n) is 0.960. The van der Waals surface area contributed by atoms with Crippen LogP contribution in [0.15, 0.2) is 17.1 Å². The third-order valence-electron chi connectivity index (χ3n) is 1.75. The molecule has 0 saturated carbocycles. The second-order valence-corrected chi connectivity index (χ2v) is 2.83. The summed E-state index contributed by atoms with van der Waals surface area (Å²) in [7, 11) is 3.28. The molecule has 0 aromatic carbocycles. The summed E-state index contributed by atoms with van der Waals surface area (Å²) in [4.78, 5) is 23.6. The highest BCUT2D eigenvalue weighted by Crippen LogP contribution is 2.04. The first-order valence-electron chi connectivity index (χ1n) is 4.10. The Bertz CT molecular complexity index is 374. The van der Waals surface area contributed by atoms with Crippen molar-refractivity contribution in [3.05, 3.63) is 22.6 Å². The number of nitrogens with zero attached hydrogens (tertiary/aromatic N) is 2. The monoisotopic (exact) mass is 196 g/mol. The Morgan fingerprint density at radius 3 is 3.00 bits per heavy atom. The van der Waals surface area contributed by atoms with Crippen LogP contribution >= 0.6 is 0 Å². The van der Waals surface area contributed by atoms with Gasteiger partial charge in [0.25, 0.3) is 5.56 Å². The Kier molecular flexibility index (Phi) is 3.22. The molecule has 14 heavy (non-hydrogen) atoms. The zero-order valence-electron chi connectivity index (χ0n) is 8.07. The van der Waals surface area contributed by atoms with Gasteiger partial charge in [-0.05, 0) is 0 Å². The summed E-state index contributed by atoms with van der Waals surface area (Å²) in [6, 6.07) is 1.38. The minimum Gasteiger partial charge on any atom is -0.364 e. The molecule has 0 atom stereocenters. The lowest BCUT2D eigenvalue weighted by molar-refractivity contribution is -0.119. The third kappa shape index (κ3) is 2.58. The van der Waals surface area contributed by atoms with Gasteiger partial charge in [-0.15, -0.1) is 0 Å². The molecule has 0 aliphatic rings. The fourth-order valence-corrected chi connectivity index (χ4v) is 0.960. The maximum atomic E-state index is 11.0. The van der Waals surface area contributed by atoms with E-state index in [0.29, 0.717) is 5.69 Å². The predicted molar refractivity (Wildman–Crippen MR) is 52.2 cm³/mol. The topological polar surface area (TPSA) is 78.1 Å². The van der Waals surface area contributed by atoms with E-state index in [1.54, 1.807) is 19.0 Å². The van der Waals surface area contributed by atoms with Gasteiger partial charge in [0.05, 0.1) is 18.4 Å². The standard InChI is InChI=1S/C8H12N4O2/c1-9-8(14)5-12(2)6-3-7(13)11-10-4-6/h3-4H,5H2,1-2H3,(H,9,14)(H,11,13). The summed E-state index contributed by atoms with van der Waals surface area (Å²) in [5.41, 5.74) is 0.323. The molecule has 0 bridgehead atoms. The number of hydrogen-bond donors (Lipinski definition) is 2. The number of anilines is 1. The number of aromatic nitrogens is 2. The second-order valence-electron chi connectivity index (χ2n) is 2.83.